The number of imide groups is 1. The molecule has 9 nitrogen and oxygen atoms in total. The Labute approximate surface area is 250 Å². The van der Waals surface area contributed by atoms with Gasteiger partial charge in [-0.15, -0.1) is 0 Å². The Morgan fingerprint density at radius 3 is 2.58 bits per heavy atom. The van der Waals surface area contributed by atoms with Gasteiger partial charge in [-0.25, -0.2) is 9.69 Å². The second-order valence-corrected chi connectivity index (χ2v) is 10.9. The number of para-hydroxylation sites is 1. The molecule has 1 aromatic heterocycles. The average Bonchev–Trinajstić information content (AvgIpc) is 3.53. The van der Waals surface area contributed by atoms with Crippen molar-refractivity contribution in [2.45, 2.75) is 44.7 Å². The van der Waals surface area contributed by atoms with E-state index in [0.29, 0.717) is 36.6 Å². The maximum atomic E-state index is 14.1. The molecule has 2 aliphatic rings. The van der Waals surface area contributed by atoms with Gasteiger partial charge in [0.05, 0.1) is 12.8 Å². The number of nitrogens with zero attached hydrogens (tertiary/aromatic N) is 2. The number of ether oxygens (including phenoxy) is 2. The fraction of sp³-hybridized carbons (Fsp3) is 0.324. The number of aromatic nitrogens is 1. The van der Waals surface area contributed by atoms with Gasteiger partial charge in [-0.05, 0) is 66.4 Å². The van der Waals surface area contributed by atoms with E-state index in [9.17, 15) is 14.4 Å². The molecule has 3 aromatic carbocycles. The van der Waals surface area contributed by atoms with Gasteiger partial charge in [0.2, 0.25) is 0 Å². The Bertz CT molecular complexity index is 1650. The lowest BCUT2D eigenvalue weighted by atomic mass is 9.89. The molecule has 2 atom stereocenters. The zero-order chi connectivity index (χ0) is 29.9. The van der Waals surface area contributed by atoms with Gasteiger partial charge in [0, 0.05) is 48.3 Å². The van der Waals surface area contributed by atoms with E-state index in [2.05, 4.69) is 17.2 Å². The van der Waals surface area contributed by atoms with Crippen molar-refractivity contribution in [1.82, 2.24) is 15.2 Å². The summed E-state index contributed by atoms with van der Waals surface area (Å²) in [5, 5.41) is 3.95. The van der Waals surface area contributed by atoms with Crippen LogP contribution in [0.15, 0.2) is 72.8 Å². The van der Waals surface area contributed by atoms with Crippen LogP contribution in [0.4, 0.5) is 10.5 Å². The fourth-order valence-corrected chi connectivity index (χ4v) is 6.06. The normalized spacial score (nSPS) is 17.7. The quantitative estimate of drug-likeness (QED) is 0.178. The van der Waals surface area contributed by atoms with Crippen LogP contribution in [0.2, 0.25) is 0 Å². The number of carbonyl (C=O) groups is 3. The molecule has 0 bridgehead atoms. The number of unbranched alkanes of at least 4 members (excludes halogenated alkanes) is 1. The highest BCUT2D eigenvalue weighted by molar-refractivity contribution is 6.22. The van der Waals surface area contributed by atoms with Gasteiger partial charge in [0.15, 0.2) is 0 Å². The topological polar surface area (TPSA) is 104 Å². The summed E-state index contributed by atoms with van der Waals surface area (Å²) in [6, 6.07) is 20.7. The molecule has 2 N–H and O–H groups in total. The molecule has 3 heterocycles. The summed E-state index contributed by atoms with van der Waals surface area (Å²) in [5.74, 6) is 0.180. The van der Waals surface area contributed by atoms with Crippen LogP contribution in [0.3, 0.4) is 0 Å². The number of carbonyl (C=O) groups excluding carboxylic acids is 3. The van der Waals surface area contributed by atoms with Crippen molar-refractivity contribution in [2.24, 2.45) is 0 Å². The summed E-state index contributed by atoms with van der Waals surface area (Å²) in [6.07, 6.45) is 3.26. The number of fused-ring (bicyclic) bond motifs is 4. The minimum absolute atomic E-state index is 0.208. The summed E-state index contributed by atoms with van der Waals surface area (Å²) >= 11 is 0. The van der Waals surface area contributed by atoms with Gasteiger partial charge < -0.3 is 19.8 Å². The fourth-order valence-electron chi connectivity index (χ4n) is 6.06. The third-order valence-corrected chi connectivity index (χ3v) is 8.24. The predicted octanol–water partition coefficient (Wildman–Crippen LogP) is 5.60. The summed E-state index contributed by atoms with van der Waals surface area (Å²) < 4.78 is 11.0. The van der Waals surface area contributed by atoms with Crippen LogP contribution < -0.4 is 15.0 Å². The van der Waals surface area contributed by atoms with Gasteiger partial charge in [-0.3, -0.25) is 14.5 Å². The lowest BCUT2D eigenvalue weighted by molar-refractivity contribution is -0.120. The zero-order valence-corrected chi connectivity index (χ0v) is 24.5. The molecular formula is C34H36N4O5. The Kier molecular flexibility index (Phi) is 8.16. The van der Waals surface area contributed by atoms with Crippen molar-refractivity contribution in [2.75, 3.05) is 31.8 Å². The predicted molar refractivity (Wildman–Crippen MR) is 164 cm³/mol. The number of amides is 4. The lowest BCUT2D eigenvalue weighted by Crippen LogP contribution is -2.44. The number of methoxy groups -OCH3 is 1. The number of anilines is 1. The molecule has 43 heavy (non-hydrogen) atoms. The van der Waals surface area contributed by atoms with E-state index in [1.807, 2.05) is 48.5 Å². The van der Waals surface area contributed by atoms with Gasteiger partial charge >= 0.3 is 6.03 Å². The van der Waals surface area contributed by atoms with Crippen molar-refractivity contribution in [3.8, 4) is 5.75 Å². The minimum Gasteiger partial charge on any atom is -0.497 e. The molecule has 0 aliphatic carbocycles. The number of aromatic amines is 1. The zero-order valence-electron chi connectivity index (χ0n) is 24.5. The molecule has 222 valence electrons. The van der Waals surface area contributed by atoms with E-state index >= 15 is 0 Å². The second kappa shape index (κ2) is 12.3. The van der Waals surface area contributed by atoms with Crippen molar-refractivity contribution in [1.29, 1.82) is 0 Å². The first-order chi connectivity index (χ1) is 21.0. The van der Waals surface area contributed by atoms with Gasteiger partial charge in [0.25, 0.3) is 11.8 Å². The number of benzene rings is 3. The number of hydrogen-bond donors (Lipinski definition) is 2. The molecular weight excluding hydrogens is 544 g/mol. The first kappa shape index (κ1) is 28.5. The van der Waals surface area contributed by atoms with E-state index < -0.39 is 18.1 Å². The van der Waals surface area contributed by atoms with E-state index in [0.717, 1.165) is 53.6 Å². The van der Waals surface area contributed by atoms with E-state index in [1.165, 1.54) is 4.90 Å². The highest BCUT2D eigenvalue weighted by atomic mass is 16.5. The molecule has 1 unspecified atom stereocenters. The van der Waals surface area contributed by atoms with Crippen LogP contribution >= 0.6 is 0 Å². The van der Waals surface area contributed by atoms with Crippen LogP contribution in [-0.4, -0.2) is 60.6 Å². The Balaban J connectivity index is 1.24. The van der Waals surface area contributed by atoms with Crippen LogP contribution in [0, 0.1) is 0 Å². The summed E-state index contributed by atoms with van der Waals surface area (Å²) in [5.41, 5.74) is 4.65. The number of H-pyrrole nitrogens is 1. The maximum absolute atomic E-state index is 14.1. The molecule has 2 aliphatic heterocycles. The third kappa shape index (κ3) is 5.36. The first-order valence-corrected chi connectivity index (χ1v) is 14.9. The van der Waals surface area contributed by atoms with Gasteiger partial charge in [0.1, 0.15) is 17.8 Å². The largest absolute Gasteiger partial charge is 0.497 e. The Morgan fingerprint density at radius 2 is 1.79 bits per heavy atom. The molecule has 4 aromatic rings. The average molecular weight is 581 g/mol. The molecule has 0 radical (unpaired) electrons. The van der Waals surface area contributed by atoms with Crippen LogP contribution in [0.25, 0.3) is 10.9 Å². The smallest absolute Gasteiger partial charge is 0.332 e. The second-order valence-electron chi connectivity index (χ2n) is 10.9. The molecule has 9 heteroatoms. The number of rotatable bonds is 11. The van der Waals surface area contributed by atoms with E-state index in [4.69, 9.17) is 9.47 Å². The monoisotopic (exact) mass is 580 g/mol. The lowest BCUT2D eigenvalue weighted by Gasteiger charge is -2.36. The SMILES string of the molecule is CCCCOCCCNC(=O)c1ccc(N2C(=O)[C@@H]3Cc4c([nH]c5ccccc45)C(c4cccc(OC)c4)N3C2=O)cc1. The van der Waals surface area contributed by atoms with Crippen LogP contribution in [0.5, 0.6) is 5.75 Å². The van der Waals surface area contributed by atoms with Crippen LogP contribution in [-0.2, 0) is 16.0 Å². The van der Waals surface area contributed by atoms with Crippen molar-refractivity contribution >= 4 is 34.4 Å². The maximum Gasteiger partial charge on any atom is 0.332 e. The molecule has 4 amide bonds. The van der Waals surface area contributed by atoms with Gasteiger partial charge in [-0.1, -0.05) is 43.7 Å². The number of nitrogens with one attached hydrogen (secondary N) is 2. The molecule has 1 saturated heterocycles. The van der Waals surface area contributed by atoms with Crippen molar-refractivity contribution < 1.29 is 23.9 Å². The standard InChI is InChI=1S/C34H36N4O5/c1-3-4-18-43-19-8-17-35-32(39)22-13-15-24(16-14-22)37-33(40)29-21-27-26-11-5-6-12-28(26)36-30(27)31(38(29)34(37)41)23-9-7-10-25(20-23)42-2/h5-7,9-16,20,29,31,36H,3-4,8,17-19,21H2,1-2H3,(H,35,39)/t29-,31?/m0/s1. The van der Waals surface area contributed by atoms with Crippen LogP contribution in [0.1, 0.15) is 59.4 Å². The molecule has 6 rings (SSSR count). The highest BCUT2D eigenvalue weighted by Gasteiger charge is 2.53. The summed E-state index contributed by atoms with van der Waals surface area (Å²) in [4.78, 5) is 47.2. The number of hydrogen-bond acceptors (Lipinski definition) is 5. The van der Waals surface area contributed by atoms with Crippen molar-refractivity contribution in [3.05, 3.63) is 95.2 Å². The summed E-state index contributed by atoms with van der Waals surface area (Å²) in [7, 11) is 1.61. The third-order valence-electron chi connectivity index (χ3n) is 8.24. The minimum atomic E-state index is -0.669. The van der Waals surface area contributed by atoms with E-state index in [-0.39, 0.29) is 11.8 Å². The first-order valence-electron chi connectivity index (χ1n) is 14.9. The Morgan fingerprint density at radius 1 is 1.00 bits per heavy atom. The van der Waals surface area contributed by atoms with Crippen molar-refractivity contribution in [3.63, 3.8) is 0 Å². The van der Waals surface area contributed by atoms with E-state index in [1.54, 1.807) is 36.3 Å². The highest BCUT2D eigenvalue weighted by Crippen LogP contribution is 2.45. The molecule has 0 saturated carbocycles. The summed E-state index contributed by atoms with van der Waals surface area (Å²) in [6.45, 7) is 3.97. The number of urea groups is 1. The molecule has 0 spiro atoms. The van der Waals surface area contributed by atoms with Gasteiger partial charge in [-0.2, -0.15) is 0 Å². The Hall–Kier alpha value is -4.63. The molecule has 1 fully saturated rings.